The molecule has 1 aromatic carbocycles. The van der Waals surface area contributed by atoms with Gasteiger partial charge in [-0.25, -0.2) is 17.8 Å². The second-order valence-electron chi connectivity index (χ2n) is 7.89. The first-order valence-corrected chi connectivity index (χ1v) is 11.7. The summed E-state index contributed by atoms with van der Waals surface area (Å²) in [4.78, 5) is 7.16. The first-order chi connectivity index (χ1) is 16.8. The van der Waals surface area contributed by atoms with Crippen LogP contribution in [0.2, 0.25) is 0 Å². The molecule has 36 heavy (non-hydrogen) atoms. The summed E-state index contributed by atoms with van der Waals surface area (Å²) in [6.45, 7) is 2.18. The van der Waals surface area contributed by atoms with Gasteiger partial charge in [-0.15, -0.1) is 0 Å². The number of rotatable bonds is 5. The summed E-state index contributed by atoms with van der Waals surface area (Å²) in [5, 5.41) is 10.1. The Kier molecular flexibility index (Phi) is 6.27. The van der Waals surface area contributed by atoms with Crippen LogP contribution in [0.25, 0.3) is 28.0 Å². The van der Waals surface area contributed by atoms with Crippen LogP contribution in [0.1, 0.15) is 18.1 Å². The third kappa shape index (κ3) is 4.52. The number of halogens is 5. The molecular weight excluding hydrogens is 505 g/mol. The average Bonchev–Trinajstić information content (AvgIpc) is 3.12. The molecule has 1 N–H and O–H groups in total. The molecule has 0 radical (unpaired) electrons. The Hall–Kier alpha value is -3.89. The van der Waals surface area contributed by atoms with Gasteiger partial charge in [0.05, 0.1) is 34.4 Å². The highest BCUT2D eigenvalue weighted by atomic mass is 32.2. The van der Waals surface area contributed by atoms with E-state index >= 15 is 0 Å². The predicted molar refractivity (Wildman–Crippen MR) is 120 cm³/mol. The molecule has 4 rings (SSSR count). The SMILES string of the molecule is Cc1cc2c(cc1F)c(C#N)c(-c1ccc(S(=O)(=O)N[C@@H](C)C(F)(F)F)cn1)n2-c1ccc(F)nc1. The molecule has 7 nitrogen and oxygen atoms in total. The van der Waals surface area contributed by atoms with Crippen molar-refractivity contribution in [1.29, 1.82) is 5.26 Å². The van der Waals surface area contributed by atoms with Crippen LogP contribution in [0.5, 0.6) is 0 Å². The maximum Gasteiger partial charge on any atom is 0.404 e. The van der Waals surface area contributed by atoms with Crippen molar-refractivity contribution in [3.63, 3.8) is 0 Å². The number of aryl methyl sites for hydroxylation is 1. The number of nitriles is 1. The summed E-state index contributed by atoms with van der Waals surface area (Å²) < 4.78 is 94.2. The van der Waals surface area contributed by atoms with E-state index in [-0.39, 0.29) is 27.9 Å². The second-order valence-corrected chi connectivity index (χ2v) is 9.61. The molecule has 13 heteroatoms. The predicted octanol–water partition coefficient (Wildman–Crippen LogP) is 4.77. The molecule has 1 atom stereocenters. The van der Waals surface area contributed by atoms with E-state index in [0.717, 1.165) is 18.3 Å². The van der Waals surface area contributed by atoms with Gasteiger partial charge in [-0.05, 0) is 55.8 Å². The number of hydrogen-bond donors (Lipinski definition) is 1. The molecule has 0 bridgehead atoms. The zero-order valence-corrected chi connectivity index (χ0v) is 19.4. The Morgan fingerprint density at radius 2 is 1.81 bits per heavy atom. The molecule has 0 aliphatic rings. The van der Waals surface area contributed by atoms with Crippen LogP contribution in [0.15, 0.2) is 53.7 Å². The topological polar surface area (TPSA) is 101 Å². The lowest BCUT2D eigenvalue weighted by Gasteiger charge is -2.17. The van der Waals surface area contributed by atoms with E-state index in [9.17, 15) is 35.6 Å². The zero-order valence-electron chi connectivity index (χ0n) is 18.6. The summed E-state index contributed by atoms with van der Waals surface area (Å²) in [7, 11) is -4.57. The van der Waals surface area contributed by atoms with E-state index in [0.29, 0.717) is 18.1 Å². The summed E-state index contributed by atoms with van der Waals surface area (Å²) >= 11 is 0. The lowest BCUT2D eigenvalue weighted by atomic mass is 10.1. The molecule has 3 heterocycles. The standard InChI is InChI=1S/C23H16F5N5O2S/c1-12-7-20-16(8-18(12)24)17(9-29)22(33(20)14-3-6-21(25)31-10-14)19-5-4-15(11-30-19)36(34,35)32-13(2)23(26,27)28/h3-8,10-11,13,32H,1-2H3/t13-/m0/s1. The summed E-state index contributed by atoms with van der Waals surface area (Å²) in [6, 6.07) is 7.02. The Morgan fingerprint density at radius 1 is 1.08 bits per heavy atom. The Bertz CT molecular complexity index is 1610. The summed E-state index contributed by atoms with van der Waals surface area (Å²) in [6.07, 6.45) is -2.75. The number of pyridine rings is 2. The van der Waals surface area contributed by atoms with Crippen molar-refractivity contribution in [1.82, 2.24) is 19.3 Å². The van der Waals surface area contributed by atoms with Crippen molar-refractivity contribution in [2.45, 2.75) is 31.0 Å². The number of aromatic nitrogens is 3. The highest BCUT2D eigenvalue weighted by Gasteiger charge is 2.39. The molecular formula is C23H16F5N5O2S. The van der Waals surface area contributed by atoms with Gasteiger partial charge in [0.1, 0.15) is 22.8 Å². The van der Waals surface area contributed by atoms with Gasteiger partial charge in [0.2, 0.25) is 16.0 Å². The van der Waals surface area contributed by atoms with Gasteiger partial charge >= 0.3 is 6.18 Å². The van der Waals surface area contributed by atoms with Crippen LogP contribution in [0.3, 0.4) is 0 Å². The Morgan fingerprint density at radius 3 is 2.36 bits per heavy atom. The molecule has 0 unspecified atom stereocenters. The average molecular weight is 521 g/mol. The van der Waals surface area contributed by atoms with E-state index in [2.05, 4.69) is 9.97 Å². The number of fused-ring (bicyclic) bond motifs is 1. The minimum Gasteiger partial charge on any atom is -0.305 e. The van der Waals surface area contributed by atoms with Crippen LogP contribution in [-0.4, -0.2) is 35.2 Å². The van der Waals surface area contributed by atoms with E-state index in [1.807, 2.05) is 6.07 Å². The summed E-state index contributed by atoms with van der Waals surface area (Å²) in [5.74, 6) is -1.33. The van der Waals surface area contributed by atoms with Crippen molar-refractivity contribution < 1.29 is 30.4 Å². The van der Waals surface area contributed by atoms with Gasteiger partial charge in [0.25, 0.3) is 0 Å². The molecule has 3 aromatic heterocycles. The molecule has 4 aromatic rings. The molecule has 0 saturated carbocycles. The number of alkyl halides is 3. The van der Waals surface area contributed by atoms with Crippen LogP contribution in [-0.2, 0) is 10.0 Å². The number of benzene rings is 1. The zero-order chi connectivity index (χ0) is 26.4. The second kappa shape index (κ2) is 8.96. The van der Waals surface area contributed by atoms with Crippen molar-refractivity contribution in [3.05, 3.63) is 71.7 Å². The van der Waals surface area contributed by atoms with Crippen LogP contribution >= 0.6 is 0 Å². The van der Waals surface area contributed by atoms with Crippen LogP contribution in [0, 0.1) is 30.0 Å². The number of hydrogen-bond acceptors (Lipinski definition) is 5. The minimum absolute atomic E-state index is 0.000140. The summed E-state index contributed by atoms with van der Waals surface area (Å²) in [5.41, 5.74) is 1.15. The fourth-order valence-corrected chi connectivity index (χ4v) is 4.76. The van der Waals surface area contributed by atoms with Gasteiger partial charge in [-0.2, -0.15) is 27.5 Å². The van der Waals surface area contributed by atoms with Crippen molar-refractivity contribution >= 4 is 20.9 Å². The first kappa shape index (κ1) is 25.2. The molecule has 0 aliphatic heterocycles. The number of nitrogens with one attached hydrogen (secondary N) is 1. The highest BCUT2D eigenvalue weighted by molar-refractivity contribution is 7.89. The normalized spacial score (nSPS) is 13.1. The molecule has 0 fully saturated rings. The van der Waals surface area contributed by atoms with Crippen molar-refractivity contribution in [2.24, 2.45) is 0 Å². The third-order valence-electron chi connectivity index (χ3n) is 5.44. The fourth-order valence-electron chi connectivity index (χ4n) is 3.58. The van der Waals surface area contributed by atoms with Gasteiger partial charge in [0, 0.05) is 11.6 Å². The molecule has 0 amide bonds. The Balaban J connectivity index is 1.91. The van der Waals surface area contributed by atoms with Gasteiger partial charge in [0.15, 0.2) is 0 Å². The van der Waals surface area contributed by atoms with Gasteiger partial charge in [-0.1, -0.05) is 0 Å². The van der Waals surface area contributed by atoms with E-state index in [4.69, 9.17) is 0 Å². The number of sulfonamides is 1. The van der Waals surface area contributed by atoms with Crippen molar-refractivity contribution in [2.75, 3.05) is 0 Å². The van der Waals surface area contributed by atoms with Gasteiger partial charge < -0.3 is 4.57 Å². The largest absolute Gasteiger partial charge is 0.404 e. The Labute approximate surface area is 201 Å². The lowest BCUT2D eigenvalue weighted by Crippen LogP contribution is -2.42. The maximum absolute atomic E-state index is 14.4. The lowest BCUT2D eigenvalue weighted by molar-refractivity contribution is -0.147. The van der Waals surface area contributed by atoms with E-state index in [1.54, 1.807) is 0 Å². The molecule has 0 saturated heterocycles. The van der Waals surface area contributed by atoms with Crippen LogP contribution < -0.4 is 4.72 Å². The first-order valence-electron chi connectivity index (χ1n) is 10.3. The molecule has 0 spiro atoms. The number of nitrogens with zero attached hydrogens (tertiary/aromatic N) is 4. The third-order valence-corrected chi connectivity index (χ3v) is 6.97. The molecule has 0 aliphatic carbocycles. The van der Waals surface area contributed by atoms with E-state index in [1.165, 1.54) is 46.7 Å². The minimum atomic E-state index is -4.79. The quantitative estimate of drug-likeness (QED) is 0.301. The van der Waals surface area contributed by atoms with E-state index < -0.39 is 38.9 Å². The van der Waals surface area contributed by atoms with Crippen molar-refractivity contribution in [3.8, 4) is 23.1 Å². The maximum atomic E-state index is 14.4. The van der Waals surface area contributed by atoms with Gasteiger partial charge in [-0.3, -0.25) is 4.98 Å². The fraction of sp³-hybridized carbons (Fsp3) is 0.174. The monoisotopic (exact) mass is 521 g/mol. The van der Waals surface area contributed by atoms with Crippen LogP contribution in [0.4, 0.5) is 22.0 Å². The smallest absolute Gasteiger partial charge is 0.305 e. The highest BCUT2D eigenvalue weighted by Crippen LogP contribution is 2.36. The molecule has 186 valence electrons.